The summed E-state index contributed by atoms with van der Waals surface area (Å²) in [5.41, 5.74) is 0.903. The molecule has 0 N–H and O–H groups in total. The summed E-state index contributed by atoms with van der Waals surface area (Å²) in [5, 5.41) is 0. The Kier molecular flexibility index (Phi) is 4.70. The van der Waals surface area contributed by atoms with Crippen molar-refractivity contribution in [3.63, 3.8) is 0 Å². The van der Waals surface area contributed by atoms with Crippen LogP contribution in [0.4, 0.5) is 10.5 Å². The summed E-state index contributed by atoms with van der Waals surface area (Å²) < 4.78 is 0. The molecule has 2 saturated heterocycles. The summed E-state index contributed by atoms with van der Waals surface area (Å²) in [6.07, 6.45) is 8.81. The van der Waals surface area contributed by atoms with Gasteiger partial charge in [-0.25, -0.2) is 4.79 Å². The van der Waals surface area contributed by atoms with E-state index in [-0.39, 0.29) is 6.03 Å². The zero-order valence-electron chi connectivity index (χ0n) is 12.6. The van der Waals surface area contributed by atoms with Gasteiger partial charge < -0.3 is 9.80 Å². The van der Waals surface area contributed by atoms with Gasteiger partial charge in [0.15, 0.2) is 0 Å². The van der Waals surface area contributed by atoms with Crippen molar-refractivity contribution in [3.05, 3.63) is 24.5 Å². The van der Waals surface area contributed by atoms with Crippen LogP contribution >= 0.6 is 0 Å². The highest BCUT2D eigenvalue weighted by Gasteiger charge is 2.29. The van der Waals surface area contributed by atoms with Crippen LogP contribution in [0.3, 0.4) is 0 Å². The molecule has 0 aromatic carbocycles. The first-order valence-electron chi connectivity index (χ1n) is 8.03. The first kappa shape index (κ1) is 14.3. The van der Waals surface area contributed by atoms with E-state index in [1.54, 1.807) is 12.4 Å². The number of likely N-dealkylation sites (tertiary alicyclic amines) is 1. The Morgan fingerprint density at radius 1 is 1.00 bits per heavy atom. The number of carbonyl (C=O) groups excluding carboxylic acids is 1. The fourth-order valence-corrected chi connectivity index (χ4v) is 3.17. The quantitative estimate of drug-likeness (QED) is 0.852. The van der Waals surface area contributed by atoms with E-state index >= 15 is 0 Å². The molecule has 0 saturated carbocycles. The van der Waals surface area contributed by atoms with Crippen LogP contribution in [-0.4, -0.2) is 60.1 Å². The molecule has 114 valence electrons. The van der Waals surface area contributed by atoms with Gasteiger partial charge in [-0.15, -0.1) is 0 Å². The average Bonchev–Trinajstić information content (AvgIpc) is 2.73. The molecule has 2 aliphatic rings. The van der Waals surface area contributed by atoms with E-state index in [0.29, 0.717) is 0 Å². The van der Waals surface area contributed by atoms with Crippen LogP contribution in [0, 0.1) is 0 Å². The predicted octanol–water partition coefficient (Wildman–Crippen LogP) is 2.20. The molecule has 5 nitrogen and oxygen atoms in total. The van der Waals surface area contributed by atoms with Crippen LogP contribution in [-0.2, 0) is 0 Å². The Balaban J connectivity index is 1.52. The van der Waals surface area contributed by atoms with Crippen molar-refractivity contribution >= 4 is 11.7 Å². The number of hydrogen-bond acceptors (Lipinski definition) is 3. The predicted molar refractivity (Wildman–Crippen MR) is 83.5 cm³/mol. The van der Waals surface area contributed by atoms with Crippen LogP contribution in [0.1, 0.15) is 25.7 Å². The summed E-state index contributed by atoms with van der Waals surface area (Å²) in [5.74, 6) is 0. The topological polar surface area (TPSA) is 39.7 Å². The standard InChI is InChI=1S/C16H24N4O/c21-16-19(11-10-18-8-3-1-2-4-9-18)12-13-20(16)15-6-5-7-17-14-15/h5-7,14H,1-4,8-13H2. The molecule has 2 fully saturated rings. The molecule has 3 rings (SSSR count). The van der Waals surface area contributed by atoms with E-state index in [1.165, 1.54) is 38.8 Å². The lowest BCUT2D eigenvalue weighted by atomic mass is 10.2. The molecular formula is C16H24N4O. The van der Waals surface area contributed by atoms with E-state index < -0.39 is 0 Å². The lowest BCUT2D eigenvalue weighted by molar-refractivity contribution is 0.205. The molecule has 0 aliphatic carbocycles. The number of urea groups is 1. The van der Waals surface area contributed by atoms with Crippen molar-refractivity contribution in [1.82, 2.24) is 14.8 Å². The van der Waals surface area contributed by atoms with E-state index in [9.17, 15) is 4.79 Å². The molecule has 0 bridgehead atoms. The summed E-state index contributed by atoms with van der Waals surface area (Å²) in [4.78, 5) is 22.9. The van der Waals surface area contributed by atoms with Crippen molar-refractivity contribution in [2.24, 2.45) is 0 Å². The van der Waals surface area contributed by atoms with Crippen molar-refractivity contribution in [2.45, 2.75) is 25.7 Å². The Morgan fingerprint density at radius 2 is 1.81 bits per heavy atom. The molecule has 0 unspecified atom stereocenters. The SMILES string of the molecule is O=C1N(CCN2CCCCCC2)CCN1c1cccnc1. The van der Waals surface area contributed by atoms with Gasteiger partial charge >= 0.3 is 6.03 Å². The smallest absolute Gasteiger partial charge is 0.321 e. The van der Waals surface area contributed by atoms with Gasteiger partial charge in [0.05, 0.1) is 11.9 Å². The minimum Gasteiger partial charge on any atom is -0.321 e. The van der Waals surface area contributed by atoms with Crippen molar-refractivity contribution < 1.29 is 4.79 Å². The maximum atomic E-state index is 12.5. The molecule has 1 aromatic rings. The van der Waals surface area contributed by atoms with Gasteiger partial charge in [0.1, 0.15) is 0 Å². The monoisotopic (exact) mass is 288 g/mol. The first-order chi connectivity index (χ1) is 10.3. The number of pyridine rings is 1. The van der Waals surface area contributed by atoms with Gasteiger partial charge in [-0.3, -0.25) is 9.88 Å². The van der Waals surface area contributed by atoms with Crippen molar-refractivity contribution in [2.75, 3.05) is 44.2 Å². The number of aromatic nitrogens is 1. The number of carbonyl (C=O) groups is 1. The van der Waals surface area contributed by atoms with Crippen molar-refractivity contribution in [1.29, 1.82) is 0 Å². The fourth-order valence-electron chi connectivity index (χ4n) is 3.17. The molecule has 2 amide bonds. The highest BCUT2D eigenvalue weighted by atomic mass is 16.2. The second-order valence-corrected chi connectivity index (χ2v) is 5.89. The van der Waals surface area contributed by atoms with E-state index in [4.69, 9.17) is 0 Å². The van der Waals surface area contributed by atoms with Gasteiger partial charge in [0, 0.05) is 32.4 Å². The molecule has 0 spiro atoms. The molecule has 5 heteroatoms. The number of rotatable bonds is 4. The van der Waals surface area contributed by atoms with Crippen LogP contribution in [0.15, 0.2) is 24.5 Å². The third-order valence-corrected chi connectivity index (χ3v) is 4.44. The largest absolute Gasteiger partial charge is 0.324 e. The molecular weight excluding hydrogens is 264 g/mol. The Morgan fingerprint density at radius 3 is 2.52 bits per heavy atom. The van der Waals surface area contributed by atoms with Crippen LogP contribution in [0.2, 0.25) is 0 Å². The summed E-state index contributed by atoms with van der Waals surface area (Å²) in [6.45, 7) is 5.82. The number of hydrogen-bond donors (Lipinski definition) is 0. The zero-order chi connectivity index (χ0) is 14.5. The summed E-state index contributed by atoms with van der Waals surface area (Å²) in [6, 6.07) is 3.95. The van der Waals surface area contributed by atoms with E-state index in [2.05, 4.69) is 9.88 Å². The lowest BCUT2D eigenvalue weighted by Crippen LogP contribution is -2.38. The summed E-state index contributed by atoms with van der Waals surface area (Å²) in [7, 11) is 0. The number of nitrogens with zero attached hydrogens (tertiary/aromatic N) is 4. The molecule has 0 atom stereocenters. The lowest BCUT2D eigenvalue weighted by Gasteiger charge is -2.24. The second-order valence-electron chi connectivity index (χ2n) is 5.89. The van der Waals surface area contributed by atoms with Gasteiger partial charge in [-0.2, -0.15) is 0 Å². The first-order valence-corrected chi connectivity index (χ1v) is 8.03. The number of anilines is 1. The maximum absolute atomic E-state index is 12.5. The van der Waals surface area contributed by atoms with E-state index in [0.717, 1.165) is 31.9 Å². The summed E-state index contributed by atoms with van der Waals surface area (Å²) >= 11 is 0. The van der Waals surface area contributed by atoms with E-state index in [1.807, 2.05) is 21.9 Å². The molecule has 1 aromatic heterocycles. The Bertz CT molecular complexity index is 457. The zero-order valence-corrected chi connectivity index (χ0v) is 12.6. The highest BCUT2D eigenvalue weighted by Crippen LogP contribution is 2.19. The number of amides is 2. The second kappa shape index (κ2) is 6.89. The third-order valence-electron chi connectivity index (χ3n) is 4.44. The van der Waals surface area contributed by atoms with Gasteiger partial charge in [0.25, 0.3) is 0 Å². The van der Waals surface area contributed by atoms with Crippen LogP contribution in [0.5, 0.6) is 0 Å². The van der Waals surface area contributed by atoms with Gasteiger partial charge in [0.2, 0.25) is 0 Å². The van der Waals surface area contributed by atoms with Gasteiger partial charge in [-0.05, 0) is 38.1 Å². The minimum absolute atomic E-state index is 0.123. The van der Waals surface area contributed by atoms with Crippen molar-refractivity contribution in [3.8, 4) is 0 Å². The molecule has 2 aliphatic heterocycles. The average molecular weight is 288 g/mol. The highest BCUT2D eigenvalue weighted by molar-refractivity contribution is 5.93. The molecule has 3 heterocycles. The Hall–Kier alpha value is -1.62. The fraction of sp³-hybridized carbons (Fsp3) is 0.625. The van der Waals surface area contributed by atoms with Gasteiger partial charge in [-0.1, -0.05) is 12.8 Å². The Labute approximate surface area is 126 Å². The normalized spacial score (nSPS) is 20.9. The third kappa shape index (κ3) is 3.53. The molecule has 21 heavy (non-hydrogen) atoms. The van der Waals surface area contributed by atoms with Crippen LogP contribution < -0.4 is 4.90 Å². The molecule has 0 radical (unpaired) electrons. The van der Waals surface area contributed by atoms with Crippen LogP contribution in [0.25, 0.3) is 0 Å². The maximum Gasteiger partial charge on any atom is 0.324 e. The minimum atomic E-state index is 0.123.